The molecule has 1 aliphatic rings. The Bertz CT molecular complexity index is 2860. The smallest absolute Gasteiger partial charge is 0.154 e. The minimum atomic E-state index is -0.211. The van der Waals surface area contributed by atoms with Gasteiger partial charge < -0.3 is 4.98 Å². The fraction of sp³-hybridized carbons (Fsp3) is 0.0600. The van der Waals surface area contributed by atoms with Crippen molar-refractivity contribution in [2.75, 3.05) is 0 Å². The molecule has 0 amide bonds. The Balaban J connectivity index is 1.05. The van der Waals surface area contributed by atoms with Crippen molar-refractivity contribution in [1.29, 1.82) is 10.7 Å². The first-order valence-electron chi connectivity index (χ1n) is 18.2. The molecule has 0 unspecified atom stereocenters. The Morgan fingerprint density at radius 2 is 1.07 bits per heavy atom. The zero-order valence-electron chi connectivity index (χ0n) is 30.1. The highest BCUT2D eigenvalue weighted by molar-refractivity contribution is 6.06. The molecule has 0 atom stereocenters. The fourth-order valence-electron chi connectivity index (χ4n) is 7.98. The van der Waals surface area contributed by atoms with Gasteiger partial charge in [0.05, 0.1) is 11.6 Å². The van der Waals surface area contributed by atoms with E-state index in [9.17, 15) is 5.26 Å². The molecular formula is C50H36N4. The number of pyridine rings is 1. The number of nitriles is 1. The average molecular weight is 693 g/mol. The second kappa shape index (κ2) is 13.2. The lowest BCUT2D eigenvalue weighted by Gasteiger charge is -2.22. The summed E-state index contributed by atoms with van der Waals surface area (Å²) in [6.45, 7) is 4.51. The van der Waals surface area contributed by atoms with Crippen LogP contribution in [-0.2, 0) is 5.41 Å². The van der Waals surface area contributed by atoms with Crippen LogP contribution in [-0.4, -0.2) is 10.8 Å². The van der Waals surface area contributed by atoms with Gasteiger partial charge in [0.2, 0.25) is 0 Å². The third kappa shape index (κ3) is 5.64. The summed E-state index contributed by atoms with van der Waals surface area (Å²) in [6, 6.07) is 59.0. The standard InChI is InChI=1S/C50H36N4/c1-50(2)46-27-32(30-51)17-23-43(46)44-24-22-37(29-47(44)50)40-26-25-39(41-15-9-10-16-42(40)41)35-18-20-36(21-19-35)48(52)54-49-45(34-13-7-4-8-14-34)28-38(31-53-49)33-11-5-3-6-12-33/h3-29,31H,1-2H3,(H2,52,53,54). The molecule has 0 saturated heterocycles. The molecule has 256 valence electrons. The van der Waals surface area contributed by atoms with Gasteiger partial charge in [-0.2, -0.15) is 5.26 Å². The van der Waals surface area contributed by atoms with Crippen molar-refractivity contribution in [1.82, 2.24) is 4.98 Å². The number of aromatic nitrogens is 1. The summed E-state index contributed by atoms with van der Waals surface area (Å²) >= 11 is 0. The first-order chi connectivity index (χ1) is 26.4. The maximum absolute atomic E-state index is 9.57. The monoisotopic (exact) mass is 692 g/mol. The van der Waals surface area contributed by atoms with Crippen LogP contribution >= 0.6 is 0 Å². The van der Waals surface area contributed by atoms with Gasteiger partial charge in [-0.05, 0) is 96.2 Å². The van der Waals surface area contributed by atoms with E-state index in [2.05, 4.69) is 128 Å². The predicted octanol–water partition coefficient (Wildman–Crippen LogP) is 11.9. The SMILES string of the molecule is CC1(C)c2cc(C#N)ccc2-c2ccc(-c3ccc(-c4ccc(C(=N)N=c5[nH]cc(-c6ccccc6)cc5-c5ccccc5)cc4)c4ccccc34)cc21. The summed E-state index contributed by atoms with van der Waals surface area (Å²) in [7, 11) is 0. The van der Waals surface area contributed by atoms with Crippen molar-refractivity contribution >= 4 is 16.6 Å². The number of hydrogen-bond acceptors (Lipinski definition) is 2. The van der Waals surface area contributed by atoms with Crippen LogP contribution in [0.3, 0.4) is 0 Å². The first kappa shape index (κ1) is 32.8. The Morgan fingerprint density at radius 3 is 1.74 bits per heavy atom. The molecule has 2 N–H and O–H groups in total. The lowest BCUT2D eigenvalue weighted by atomic mass is 9.81. The first-order valence-corrected chi connectivity index (χ1v) is 18.2. The van der Waals surface area contributed by atoms with E-state index in [4.69, 9.17) is 10.4 Å². The Labute approximate surface area is 314 Å². The van der Waals surface area contributed by atoms with Gasteiger partial charge in [0.15, 0.2) is 5.84 Å². The fourth-order valence-corrected chi connectivity index (χ4v) is 7.98. The molecular weight excluding hydrogens is 657 g/mol. The average Bonchev–Trinajstić information content (AvgIpc) is 3.45. The summed E-state index contributed by atoms with van der Waals surface area (Å²) < 4.78 is 0. The summed E-state index contributed by atoms with van der Waals surface area (Å²) in [6.07, 6.45) is 1.96. The molecule has 7 aromatic carbocycles. The van der Waals surface area contributed by atoms with E-state index < -0.39 is 0 Å². The molecule has 1 aromatic heterocycles. The van der Waals surface area contributed by atoms with Gasteiger partial charge in [0.1, 0.15) is 5.49 Å². The van der Waals surface area contributed by atoms with E-state index >= 15 is 0 Å². The summed E-state index contributed by atoms with van der Waals surface area (Å²) in [4.78, 5) is 8.20. The summed E-state index contributed by atoms with van der Waals surface area (Å²) in [5.74, 6) is 0.188. The van der Waals surface area contributed by atoms with Gasteiger partial charge in [-0.25, -0.2) is 4.99 Å². The number of aromatic amines is 1. The van der Waals surface area contributed by atoms with Crippen molar-refractivity contribution in [3.63, 3.8) is 0 Å². The van der Waals surface area contributed by atoms with E-state index in [-0.39, 0.29) is 11.3 Å². The van der Waals surface area contributed by atoms with Crippen LogP contribution in [0.5, 0.6) is 0 Å². The second-order valence-corrected chi connectivity index (χ2v) is 14.4. The van der Waals surface area contributed by atoms with Gasteiger partial charge in [-0.3, -0.25) is 5.41 Å². The largest absolute Gasteiger partial charge is 0.345 e. The molecule has 8 aromatic rings. The molecule has 0 fully saturated rings. The van der Waals surface area contributed by atoms with Crippen LogP contribution in [0.25, 0.3) is 66.4 Å². The molecule has 0 radical (unpaired) electrons. The summed E-state index contributed by atoms with van der Waals surface area (Å²) in [5.41, 5.74) is 15.5. The number of benzene rings is 7. The number of hydrogen-bond donors (Lipinski definition) is 2. The third-order valence-corrected chi connectivity index (χ3v) is 10.8. The van der Waals surface area contributed by atoms with Crippen LogP contribution in [0.15, 0.2) is 175 Å². The number of nitrogens with zero attached hydrogens (tertiary/aromatic N) is 2. The van der Waals surface area contributed by atoms with E-state index in [0.29, 0.717) is 11.1 Å². The molecule has 9 rings (SSSR count). The Hall–Kier alpha value is -7.09. The molecule has 0 aliphatic heterocycles. The van der Waals surface area contributed by atoms with Crippen LogP contribution in [0.2, 0.25) is 0 Å². The molecule has 0 saturated carbocycles. The lowest BCUT2D eigenvalue weighted by molar-refractivity contribution is 0.660. The van der Waals surface area contributed by atoms with E-state index in [1.807, 2.05) is 66.9 Å². The number of fused-ring (bicyclic) bond motifs is 4. The highest BCUT2D eigenvalue weighted by Gasteiger charge is 2.36. The molecule has 4 nitrogen and oxygen atoms in total. The minimum Gasteiger partial charge on any atom is -0.345 e. The third-order valence-electron chi connectivity index (χ3n) is 10.8. The number of rotatable bonds is 5. The van der Waals surface area contributed by atoms with Crippen LogP contribution in [0.4, 0.5) is 0 Å². The number of H-pyrrole nitrogens is 1. The van der Waals surface area contributed by atoms with Crippen LogP contribution < -0.4 is 5.49 Å². The van der Waals surface area contributed by atoms with Crippen molar-refractivity contribution in [2.45, 2.75) is 19.3 Å². The Kier molecular flexibility index (Phi) is 7.99. The predicted molar refractivity (Wildman–Crippen MR) is 221 cm³/mol. The Morgan fingerprint density at radius 1 is 0.537 bits per heavy atom. The maximum atomic E-state index is 9.57. The van der Waals surface area contributed by atoms with Crippen LogP contribution in [0.1, 0.15) is 36.1 Å². The summed E-state index contributed by atoms with van der Waals surface area (Å²) in [5, 5.41) is 20.9. The lowest BCUT2D eigenvalue weighted by Crippen LogP contribution is -2.15. The zero-order valence-corrected chi connectivity index (χ0v) is 30.1. The van der Waals surface area contributed by atoms with Gasteiger partial charge in [0.25, 0.3) is 0 Å². The molecule has 0 spiro atoms. The van der Waals surface area contributed by atoms with Crippen molar-refractivity contribution in [3.05, 3.63) is 198 Å². The number of nitrogens with one attached hydrogen (secondary N) is 2. The number of amidine groups is 1. The van der Waals surface area contributed by atoms with Gasteiger partial charge in [-0.15, -0.1) is 0 Å². The quantitative estimate of drug-likeness (QED) is 0.137. The van der Waals surface area contributed by atoms with Crippen molar-refractivity contribution < 1.29 is 0 Å². The van der Waals surface area contributed by atoms with Crippen molar-refractivity contribution in [2.24, 2.45) is 4.99 Å². The van der Waals surface area contributed by atoms with Crippen LogP contribution in [0, 0.1) is 16.7 Å². The molecule has 1 heterocycles. The van der Waals surface area contributed by atoms with Gasteiger partial charge in [-0.1, -0.05) is 153 Å². The maximum Gasteiger partial charge on any atom is 0.154 e. The van der Waals surface area contributed by atoms with Gasteiger partial charge >= 0.3 is 0 Å². The van der Waals surface area contributed by atoms with E-state index in [1.54, 1.807) is 0 Å². The molecule has 4 heteroatoms. The van der Waals surface area contributed by atoms with E-state index in [0.717, 1.165) is 38.9 Å². The van der Waals surface area contributed by atoms with E-state index in [1.165, 1.54) is 44.2 Å². The highest BCUT2D eigenvalue weighted by Crippen LogP contribution is 2.50. The second-order valence-electron chi connectivity index (χ2n) is 14.4. The minimum absolute atomic E-state index is 0.188. The van der Waals surface area contributed by atoms with Gasteiger partial charge in [0, 0.05) is 22.7 Å². The highest BCUT2D eigenvalue weighted by atomic mass is 14.9. The normalized spacial score (nSPS) is 12.9. The molecule has 54 heavy (non-hydrogen) atoms. The molecule has 1 aliphatic carbocycles. The molecule has 0 bridgehead atoms. The topological polar surface area (TPSA) is 75.8 Å². The van der Waals surface area contributed by atoms with Crippen molar-refractivity contribution in [3.8, 4) is 61.7 Å². The zero-order chi connectivity index (χ0) is 36.8.